The monoisotopic (exact) mass is 440 g/mol. The molecular weight excluding hydrogens is 420 g/mol. The van der Waals surface area contributed by atoms with Crippen molar-refractivity contribution in [2.24, 2.45) is 0 Å². The van der Waals surface area contributed by atoms with Gasteiger partial charge in [0, 0.05) is 18.8 Å². The van der Waals surface area contributed by atoms with Crippen molar-refractivity contribution in [2.45, 2.75) is 44.4 Å². The van der Waals surface area contributed by atoms with Crippen LogP contribution in [0.3, 0.4) is 0 Å². The van der Waals surface area contributed by atoms with Crippen molar-refractivity contribution in [1.29, 1.82) is 5.26 Å². The standard InChI is InChI=1S/C25H20F4N2O/c1-2-22(27)20-11-17(26)9-16(13-30)19(20)10-15-3-4-18(14-5-7-31-8-6-14)23-21(15)12-25(28,29)24(23)32/h3-9,11,22,24,32H,2,10,12H2,1H3. The third kappa shape index (κ3) is 3.76. The maximum atomic E-state index is 14.6. The average molecular weight is 440 g/mol. The Balaban J connectivity index is 1.89. The van der Waals surface area contributed by atoms with E-state index in [2.05, 4.69) is 4.98 Å². The summed E-state index contributed by atoms with van der Waals surface area (Å²) < 4.78 is 57.8. The van der Waals surface area contributed by atoms with E-state index in [1.54, 1.807) is 31.2 Å². The number of nitriles is 1. The van der Waals surface area contributed by atoms with Gasteiger partial charge in [0.1, 0.15) is 18.1 Å². The number of pyridine rings is 1. The molecule has 2 atom stereocenters. The van der Waals surface area contributed by atoms with Crippen molar-refractivity contribution >= 4 is 0 Å². The van der Waals surface area contributed by atoms with E-state index < -0.39 is 30.4 Å². The number of aliphatic hydroxyl groups excluding tert-OH is 1. The summed E-state index contributed by atoms with van der Waals surface area (Å²) in [5.41, 5.74) is 2.21. The van der Waals surface area contributed by atoms with E-state index >= 15 is 0 Å². The van der Waals surface area contributed by atoms with Crippen LogP contribution in [0.4, 0.5) is 17.6 Å². The second-order valence-electron chi connectivity index (χ2n) is 7.93. The van der Waals surface area contributed by atoms with E-state index in [1.165, 1.54) is 12.4 Å². The molecule has 1 N–H and O–H groups in total. The third-order valence-electron chi connectivity index (χ3n) is 5.96. The van der Waals surface area contributed by atoms with Crippen LogP contribution < -0.4 is 0 Å². The Morgan fingerprint density at radius 2 is 1.94 bits per heavy atom. The van der Waals surface area contributed by atoms with E-state index in [4.69, 9.17) is 0 Å². The number of fused-ring (bicyclic) bond motifs is 1. The molecule has 0 bridgehead atoms. The summed E-state index contributed by atoms with van der Waals surface area (Å²) in [4.78, 5) is 3.94. The first-order valence-electron chi connectivity index (χ1n) is 10.2. The number of hydrogen-bond acceptors (Lipinski definition) is 3. The highest BCUT2D eigenvalue weighted by Gasteiger charge is 2.48. The van der Waals surface area contributed by atoms with Crippen LogP contribution in [0.2, 0.25) is 0 Å². The minimum atomic E-state index is -3.37. The molecule has 32 heavy (non-hydrogen) atoms. The Hall–Kier alpha value is -3.24. The maximum absolute atomic E-state index is 14.6. The molecule has 164 valence electrons. The molecule has 0 saturated carbocycles. The van der Waals surface area contributed by atoms with E-state index in [1.807, 2.05) is 6.07 Å². The Bertz CT molecular complexity index is 1200. The van der Waals surface area contributed by atoms with Crippen LogP contribution in [-0.2, 0) is 12.8 Å². The van der Waals surface area contributed by atoms with E-state index in [0.717, 1.165) is 12.1 Å². The van der Waals surface area contributed by atoms with Gasteiger partial charge >= 0.3 is 0 Å². The summed E-state index contributed by atoms with van der Waals surface area (Å²) in [6.45, 7) is 1.60. The summed E-state index contributed by atoms with van der Waals surface area (Å²) >= 11 is 0. The van der Waals surface area contributed by atoms with Gasteiger partial charge in [-0.2, -0.15) is 5.26 Å². The largest absolute Gasteiger partial charge is 0.382 e. The Labute approximate surface area is 183 Å². The summed E-state index contributed by atoms with van der Waals surface area (Å²) in [6, 6.07) is 10.6. The highest BCUT2D eigenvalue weighted by atomic mass is 19.3. The van der Waals surface area contributed by atoms with Crippen LogP contribution in [0.1, 0.15) is 59.0 Å². The number of benzene rings is 2. The molecule has 0 spiro atoms. The fraction of sp³-hybridized carbons (Fsp3) is 0.280. The Morgan fingerprint density at radius 3 is 2.59 bits per heavy atom. The number of halogens is 4. The van der Waals surface area contributed by atoms with Gasteiger partial charge in [0.25, 0.3) is 5.92 Å². The lowest BCUT2D eigenvalue weighted by Gasteiger charge is -2.18. The normalized spacial score (nSPS) is 17.6. The van der Waals surface area contributed by atoms with Gasteiger partial charge in [-0.1, -0.05) is 19.1 Å². The smallest absolute Gasteiger partial charge is 0.281 e. The Kier molecular flexibility index (Phi) is 5.74. The summed E-state index contributed by atoms with van der Waals surface area (Å²) in [5, 5.41) is 19.9. The molecule has 0 fully saturated rings. The zero-order valence-electron chi connectivity index (χ0n) is 17.2. The molecule has 4 rings (SSSR count). The predicted molar refractivity (Wildman–Crippen MR) is 111 cm³/mol. The van der Waals surface area contributed by atoms with Gasteiger partial charge in [-0.3, -0.25) is 4.98 Å². The highest BCUT2D eigenvalue weighted by molar-refractivity contribution is 5.72. The lowest BCUT2D eigenvalue weighted by molar-refractivity contribution is -0.0966. The number of hydrogen-bond donors (Lipinski definition) is 1. The van der Waals surface area contributed by atoms with Crippen molar-refractivity contribution < 1.29 is 22.7 Å². The van der Waals surface area contributed by atoms with Gasteiger partial charge in [0.2, 0.25) is 0 Å². The molecule has 7 heteroatoms. The zero-order valence-corrected chi connectivity index (χ0v) is 17.2. The highest BCUT2D eigenvalue weighted by Crippen LogP contribution is 2.49. The molecule has 0 saturated heterocycles. The second kappa shape index (κ2) is 8.36. The fourth-order valence-electron chi connectivity index (χ4n) is 4.37. The number of aromatic nitrogens is 1. The van der Waals surface area contributed by atoms with Crippen LogP contribution in [-0.4, -0.2) is 16.0 Å². The van der Waals surface area contributed by atoms with E-state index in [9.17, 15) is 27.9 Å². The summed E-state index contributed by atoms with van der Waals surface area (Å²) in [6.07, 6.45) is -1.05. The Morgan fingerprint density at radius 1 is 1.22 bits per heavy atom. The molecule has 3 nitrogen and oxygen atoms in total. The third-order valence-corrected chi connectivity index (χ3v) is 5.96. The van der Waals surface area contributed by atoms with E-state index in [-0.39, 0.29) is 40.7 Å². The number of alkyl halides is 3. The number of aliphatic hydroxyl groups is 1. The average Bonchev–Trinajstić information content (AvgIpc) is 3.04. The van der Waals surface area contributed by atoms with E-state index in [0.29, 0.717) is 16.7 Å². The van der Waals surface area contributed by atoms with Crippen molar-refractivity contribution in [3.05, 3.63) is 88.0 Å². The first-order chi connectivity index (χ1) is 15.3. The van der Waals surface area contributed by atoms with Gasteiger partial charge in [0.15, 0.2) is 0 Å². The van der Waals surface area contributed by atoms with Crippen molar-refractivity contribution in [3.8, 4) is 17.2 Å². The molecule has 0 aliphatic heterocycles. The van der Waals surface area contributed by atoms with Crippen LogP contribution in [0.25, 0.3) is 11.1 Å². The molecule has 2 unspecified atom stereocenters. The fourth-order valence-corrected chi connectivity index (χ4v) is 4.37. The first kappa shape index (κ1) is 22.0. The van der Waals surface area contributed by atoms with Gasteiger partial charge in [0.05, 0.1) is 11.6 Å². The molecule has 2 aromatic carbocycles. The van der Waals surface area contributed by atoms with Gasteiger partial charge in [-0.05, 0) is 76.1 Å². The second-order valence-corrected chi connectivity index (χ2v) is 7.93. The zero-order chi connectivity index (χ0) is 23.0. The molecule has 1 heterocycles. The lowest BCUT2D eigenvalue weighted by Crippen LogP contribution is -2.21. The minimum absolute atomic E-state index is 0.0271. The number of nitrogens with zero attached hydrogens (tertiary/aromatic N) is 2. The molecule has 1 aromatic heterocycles. The van der Waals surface area contributed by atoms with Crippen LogP contribution in [0, 0.1) is 17.1 Å². The quantitative estimate of drug-likeness (QED) is 0.496. The van der Waals surface area contributed by atoms with Gasteiger partial charge in [-0.15, -0.1) is 0 Å². The SMILES string of the molecule is CCC(F)c1cc(F)cc(C#N)c1Cc1ccc(-c2ccncc2)c2c1CC(F)(F)C2O. The molecule has 0 amide bonds. The van der Waals surface area contributed by atoms with Gasteiger partial charge in [-0.25, -0.2) is 17.6 Å². The summed E-state index contributed by atoms with van der Waals surface area (Å²) in [5.74, 6) is -4.09. The first-order valence-corrected chi connectivity index (χ1v) is 10.2. The molecule has 1 aliphatic rings. The maximum Gasteiger partial charge on any atom is 0.281 e. The summed E-state index contributed by atoms with van der Waals surface area (Å²) in [7, 11) is 0. The van der Waals surface area contributed by atoms with Crippen molar-refractivity contribution in [3.63, 3.8) is 0 Å². The van der Waals surface area contributed by atoms with Crippen LogP contribution in [0.15, 0.2) is 48.8 Å². The molecular formula is C25H20F4N2O. The molecule has 3 aromatic rings. The topological polar surface area (TPSA) is 56.9 Å². The van der Waals surface area contributed by atoms with Crippen molar-refractivity contribution in [1.82, 2.24) is 4.98 Å². The predicted octanol–water partition coefficient (Wildman–Crippen LogP) is 6.00. The van der Waals surface area contributed by atoms with Crippen LogP contribution in [0.5, 0.6) is 0 Å². The van der Waals surface area contributed by atoms with Gasteiger partial charge < -0.3 is 5.11 Å². The van der Waals surface area contributed by atoms with Crippen molar-refractivity contribution in [2.75, 3.05) is 0 Å². The number of rotatable bonds is 5. The molecule has 0 radical (unpaired) electrons. The minimum Gasteiger partial charge on any atom is -0.382 e. The molecule has 1 aliphatic carbocycles. The van der Waals surface area contributed by atoms with Crippen LogP contribution >= 0.6 is 0 Å². The lowest BCUT2D eigenvalue weighted by atomic mass is 9.87.